The van der Waals surface area contributed by atoms with Crippen molar-refractivity contribution < 1.29 is 0 Å². The number of anilines is 6. The van der Waals surface area contributed by atoms with Gasteiger partial charge in [0.2, 0.25) is 0 Å². The lowest BCUT2D eigenvalue weighted by Gasteiger charge is -2.35. The minimum atomic E-state index is -0.202. The topological polar surface area (TPSA) is 296 Å². The third kappa shape index (κ3) is 15.1. The van der Waals surface area contributed by atoms with E-state index in [1.54, 1.807) is 55.0 Å². The maximum Gasteiger partial charge on any atom is 0.261 e. The minimum absolute atomic E-state index is 0.0700. The Morgan fingerprint density at radius 2 is 0.667 bits per heavy atom. The van der Waals surface area contributed by atoms with Crippen LogP contribution in [0.15, 0.2) is 124 Å². The van der Waals surface area contributed by atoms with E-state index in [9.17, 15) is 30.2 Å². The molecule has 21 nitrogen and oxygen atoms in total. The summed E-state index contributed by atoms with van der Waals surface area (Å²) in [4.78, 5) is 46.3. The lowest BCUT2D eigenvalue weighted by Crippen LogP contribution is -2.43. The number of pyridine rings is 3. The molecule has 6 aliphatic rings. The van der Waals surface area contributed by atoms with Crippen LogP contribution in [0.25, 0.3) is 32.7 Å². The van der Waals surface area contributed by atoms with Gasteiger partial charge in [-0.3, -0.25) is 28.4 Å². The Labute approximate surface area is 571 Å². The average Bonchev–Trinajstić information content (AvgIpc) is 1.62. The lowest BCUT2D eigenvalue weighted by atomic mass is 9.82. The van der Waals surface area contributed by atoms with Gasteiger partial charge in [0.15, 0.2) is 17.5 Å². The van der Waals surface area contributed by atoms with Gasteiger partial charge in [-0.25, -0.2) is 0 Å². The minimum Gasteiger partial charge on any atom is -0.338 e. The molecule has 6 heterocycles. The van der Waals surface area contributed by atoms with E-state index < -0.39 is 0 Å². The summed E-state index contributed by atoms with van der Waals surface area (Å²) in [6, 6.07) is 37.3. The molecule has 96 heavy (non-hydrogen) atoms. The molecule has 0 unspecified atom stereocenters. The third-order valence-electron chi connectivity index (χ3n) is 20.6. The molecule has 15 rings (SSSR count). The quantitative estimate of drug-likeness (QED) is 0.0386. The van der Waals surface area contributed by atoms with E-state index >= 15 is 0 Å². The maximum atomic E-state index is 12.7. The van der Waals surface area contributed by atoms with E-state index in [0.717, 1.165) is 109 Å². The average molecular weight is 1350 g/mol. The van der Waals surface area contributed by atoms with Crippen molar-refractivity contribution in [1.29, 1.82) is 15.8 Å². The Hall–Kier alpha value is -8.46. The Morgan fingerprint density at radius 1 is 0.406 bits per heavy atom. The SMILES string of the molecule is C[C@H](N[C@@H]1CC[C@H](n2nc(Nc3ccc(Cl)cc3)c3c(=O)[nH]ccc32)[C@@H](C#N)C1)C1CC1.C[C@H](N[C@H]1CC[C@@H](n2nc(Nc3ccc(Cl)cc3)c3c(=O)[nH]ccc32)[C@H](C#N)C1)C1CC1.C[C@H](N[C@H]1CC[C@H](n2nc(Nc3ccc(Cl)cc3)c3c(=O)[nH]ccc32)[C@@H](C#N)C1)C1CC1. The number of hydrogen-bond acceptors (Lipinski definition) is 15. The summed E-state index contributed by atoms with van der Waals surface area (Å²) in [6.07, 6.45) is 20.7. The lowest BCUT2D eigenvalue weighted by molar-refractivity contribution is 0.219. The highest BCUT2D eigenvalue weighted by Gasteiger charge is 2.40. The van der Waals surface area contributed by atoms with Crippen molar-refractivity contribution in [2.75, 3.05) is 16.0 Å². The molecule has 0 radical (unpaired) electrons. The molecule has 0 saturated heterocycles. The first kappa shape index (κ1) is 66.2. The van der Waals surface area contributed by atoms with Crippen molar-refractivity contribution in [3.8, 4) is 18.2 Å². The molecule has 9 N–H and O–H groups in total. The molecule has 6 aliphatic carbocycles. The molecule has 9 aromatic rings. The van der Waals surface area contributed by atoms with E-state index in [2.05, 4.69) is 85.8 Å². The number of aromatic nitrogens is 9. The zero-order valence-electron chi connectivity index (χ0n) is 54.0. The predicted molar refractivity (Wildman–Crippen MR) is 379 cm³/mol. The van der Waals surface area contributed by atoms with Crippen LogP contribution in [0, 0.1) is 69.5 Å². The van der Waals surface area contributed by atoms with Gasteiger partial charge in [0.25, 0.3) is 16.7 Å². The van der Waals surface area contributed by atoms with Crippen LogP contribution in [0.2, 0.25) is 15.1 Å². The standard InChI is InChI=1S/3C24H27ClN6O/c3*1-14(15-2-3-15)28-19-8-9-20(16(12-19)13-26)31-21-10-11-27-24(32)22(21)23(30-31)29-18-6-4-17(25)5-7-18/h3*4-7,10-11,14-16,19-20,28H,2-3,8-9,12H2,1H3,(H,27,32)(H,29,30)/t14-,16+,19+,20-;14-,16+,19-,20-;14-,16-,19-,20+/m000/s1. The summed E-state index contributed by atoms with van der Waals surface area (Å²) in [5.74, 6) is 3.33. The van der Waals surface area contributed by atoms with Gasteiger partial charge in [0.1, 0.15) is 16.2 Å². The number of nitrogens with zero attached hydrogens (tertiary/aromatic N) is 9. The zero-order chi connectivity index (χ0) is 66.7. The van der Waals surface area contributed by atoms with Gasteiger partial charge < -0.3 is 46.9 Å². The van der Waals surface area contributed by atoms with Crippen molar-refractivity contribution in [3.05, 3.63) is 156 Å². The smallest absolute Gasteiger partial charge is 0.261 e. The molecule has 3 aromatic carbocycles. The number of hydrogen-bond donors (Lipinski definition) is 9. The second kappa shape index (κ2) is 29.1. The molecule has 0 bridgehead atoms. The van der Waals surface area contributed by atoms with Gasteiger partial charge in [0.05, 0.1) is 70.6 Å². The summed E-state index contributed by atoms with van der Waals surface area (Å²) in [6.45, 7) is 6.77. The molecule has 0 spiro atoms. The summed E-state index contributed by atoms with van der Waals surface area (Å²) < 4.78 is 5.66. The number of rotatable bonds is 18. The maximum absolute atomic E-state index is 12.7. The first-order valence-corrected chi connectivity index (χ1v) is 35.1. The fraction of sp³-hybridized carbons (Fsp3) is 0.458. The van der Waals surface area contributed by atoms with Crippen LogP contribution < -0.4 is 48.6 Å². The molecule has 6 saturated carbocycles. The van der Waals surface area contributed by atoms with E-state index in [4.69, 9.17) is 50.1 Å². The summed E-state index contributed by atoms with van der Waals surface area (Å²) in [7, 11) is 0. The van der Waals surface area contributed by atoms with E-state index in [1.807, 2.05) is 68.6 Å². The number of benzene rings is 3. The fourth-order valence-electron chi connectivity index (χ4n) is 14.9. The Balaban J connectivity index is 0.000000130. The molecule has 12 atom stereocenters. The fourth-order valence-corrected chi connectivity index (χ4v) is 15.2. The summed E-state index contributed by atoms with van der Waals surface area (Å²) >= 11 is 18.0. The molecule has 0 aliphatic heterocycles. The number of H-pyrrole nitrogens is 3. The van der Waals surface area contributed by atoms with Gasteiger partial charge in [-0.05, 0) is 226 Å². The van der Waals surface area contributed by atoms with Crippen molar-refractivity contribution >= 4 is 102 Å². The van der Waals surface area contributed by atoms with Crippen LogP contribution in [0.4, 0.5) is 34.5 Å². The van der Waals surface area contributed by atoms with Gasteiger partial charge in [-0.2, -0.15) is 31.1 Å². The number of nitriles is 3. The van der Waals surface area contributed by atoms with E-state index in [0.29, 0.717) is 84.9 Å². The monoisotopic (exact) mass is 1350 g/mol. The first-order valence-electron chi connectivity index (χ1n) is 33.9. The van der Waals surface area contributed by atoms with Crippen LogP contribution in [0.5, 0.6) is 0 Å². The van der Waals surface area contributed by atoms with Crippen molar-refractivity contribution in [2.24, 2.45) is 35.5 Å². The van der Waals surface area contributed by atoms with Crippen LogP contribution in [-0.2, 0) is 0 Å². The highest BCUT2D eigenvalue weighted by atomic mass is 35.5. The molecule has 6 fully saturated rings. The van der Waals surface area contributed by atoms with Gasteiger partial charge >= 0.3 is 0 Å². The van der Waals surface area contributed by atoms with Gasteiger partial charge in [-0.1, -0.05) is 34.8 Å². The predicted octanol–water partition coefficient (Wildman–Crippen LogP) is 14.2. The van der Waals surface area contributed by atoms with Crippen molar-refractivity contribution in [2.45, 2.75) is 171 Å². The number of nitrogens with one attached hydrogen (secondary N) is 9. The summed E-state index contributed by atoms with van der Waals surface area (Å²) in [5, 5.41) is 68.7. The van der Waals surface area contributed by atoms with E-state index in [1.165, 1.54) is 38.5 Å². The molecular formula is C72H81Cl3N18O3. The zero-order valence-corrected chi connectivity index (χ0v) is 56.3. The highest BCUT2D eigenvalue weighted by Crippen LogP contribution is 2.43. The molecular weight excluding hydrogens is 1270 g/mol. The van der Waals surface area contributed by atoms with Crippen molar-refractivity contribution in [1.82, 2.24) is 60.2 Å². The first-order chi connectivity index (χ1) is 46.6. The second-order valence-corrected chi connectivity index (χ2v) is 28.6. The molecule has 498 valence electrons. The van der Waals surface area contributed by atoms with Gasteiger partial charge in [-0.15, -0.1) is 0 Å². The number of aromatic amines is 3. The Kier molecular flexibility index (Phi) is 20.0. The number of halogens is 3. The van der Waals surface area contributed by atoms with Crippen LogP contribution >= 0.6 is 34.8 Å². The normalized spacial score (nSPS) is 24.2. The second-order valence-electron chi connectivity index (χ2n) is 27.3. The Bertz CT molecular complexity index is 4070. The van der Waals surface area contributed by atoms with Crippen LogP contribution in [0.1, 0.15) is 135 Å². The molecule has 0 amide bonds. The van der Waals surface area contributed by atoms with Crippen LogP contribution in [0.3, 0.4) is 0 Å². The van der Waals surface area contributed by atoms with Crippen molar-refractivity contribution in [3.63, 3.8) is 0 Å². The number of fused-ring (bicyclic) bond motifs is 3. The highest BCUT2D eigenvalue weighted by molar-refractivity contribution is 6.31. The molecule has 24 heteroatoms. The van der Waals surface area contributed by atoms with Gasteiger partial charge in [0, 0.05) is 87.0 Å². The Morgan fingerprint density at radius 3 is 0.906 bits per heavy atom. The molecule has 6 aromatic heterocycles. The van der Waals surface area contributed by atoms with E-state index in [-0.39, 0.29) is 52.6 Å². The summed E-state index contributed by atoms with van der Waals surface area (Å²) in [5.41, 5.74) is 4.01. The third-order valence-corrected chi connectivity index (χ3v) is 21.3. The largest absolute Gasteiger partial charge is 0.338 e. The van der Waals surface area contributed by atoms with Crippen LogP contribution in [-0.4, -0.2) is 80.5 Å².